The van der Waals surface area contributed by atoms with Crippen molar-refractivity contribution in [2.45, 2.75) is 6.92 Å². The quantitative estimate of drug-likeness (QED) is 0.328. The Morgan fingerprint density at radius 3 is 2.35 bits per heavy atom. The molecule has 0 spiro atoms. The van der Waals surface area contributed by atoms with Crippen molar-refractivity contribution in [1.82, 2.24) is 4.57 Å². The minimum absolute atomic E-state index is 0.929. The molecule has 0 bridgehead atoms. The maximum absolute atomic E-state index is 3.65. The molecule has 0 saturated carbocycles. The van der Waals surface area contributed by atoms with Crippen molar-refractivity contribution in [3.8, 4) is 16.8 Å². The number of nitrogens with zero attached hydrogens (tertiary/aromatic N) is 1. The van der Waals surface area contributed by atoms with Crippen LogP contribution in [0.15, 0.2) is 109 Å². The molecule has 1 aromatic heterocycles. The van der Waals surface area contributed by atoms with Gasteiger partial charge >= 0.3 is 0 Å². The van der Waals surface area contributed by atoms with E-state index in [1.807, 2.05) is 6.07 Å². The van der Waals surface area contributed by atoms with E-state index in [4.69, 9.17) is 0 Å². The topological polar surface area (TPSA) is 17.0 Å². The Labute approximate surface area is 199 Å². The molecule has 0 atom stereocenters. The van der Waals surface area contributed by atoms with Gasteiger partial charge in [-0.05, 0) is 53.8 Å². The Bertz CT molecular complexity index is 1710. The largest absolute Gasteiger partial charge is 0.355 e. The van der Waals surface area contributed by atoms with Gasteiger partial charge in [0.05, 0.1) is 5.52 Å². The van der Waals surface area contributed by atoms with Crippen molar-refractivity contribution >= 4 is 51.4 Å². The van der Waals surface area contributed by atoms with Gasteiger partial charge in [0.1, 0.15) is 0 Å². The van der Waals surface area contributed by atoms with Gasteiger partial charge in [-0.25, -0.2) is 0 Å². The van der Waals surface area contributed by atoms with E-state index in [1.54, 1.807) is 0 Å². The normalized spacial score (nSPS) is 11.9. The molecule has 0 saturated heterocycles. The number of benzene rings is 5. The molecule has 34 heavy (non-hydrogen) atoms. The van der Waals surface area contributed by atoms with E-state index >= 15 is 0 Å². The number of hydrogen-bond acceptors (Lipinski definition) is 1. The third-order valence-corrected chi connectivity index (χ3v) is 7.03. The minimum atomic E-state index is 0.929. The second kappa shape index (κ2) is 7.39. The second-order valence-electron chi connectivity index (χ2n) is 9.19. The Morgan fingerprint density at radius 1 is 0.676 bits per heavy atom. The van der Waals surface area contributed by atoms with E-state index in [9.17, 15) is 0 Å². The first-order chi connectivity index (χ1) is 16.8. The first kappa shape index (κ1) is 19.3. The van der Waals surface area contributed by atoms with Gasteiger partial charge < -0.3 is 9.88 Å². The molecule has 0 unspecified atom stereocenters. The van der Waals surface area contributed by atoms with Crippen molar-refractivity contribution in [3.05, 3.63) is 115 Å². The monoisotopic (exact) mass is 434 g/mol. The molecular weight excluding hydrogens is 411 g/mol. The molecule has 1 aliphatic heterocycles. The van der Waals surface area contributed by atoms with Crippen LogP contribution in [-0.4, -0.2) is 11.8 Å². The van der Waals surface area contributed by atoms with Crippen molar-refractivity contribution < 1.29 is 0 Å². The lowest BCUT2D eigenvalue weighted by molar-refractivity contribution is 1.18. The molecule has 1 N–H and O–H groups in total. The van der Waals surface area contributed by atoms with Crippen molar-refractivity contribution in [2.75, 3.05) is 5.32 Å². The molecule has 0 aliphatic carbocycles. The molecule has 1 aliphatic rings. The molecule has 5 aromatic carbocycles. The lowest BCUT2D eigenvalue weighted by Gasteiger charge is -2.25. The van der Waals surface area contributed by atoms with Gasteiger partial charge in [-0.1, -0.05) is 84.3 Å². The van der Waals surface area contributed by atoms with Crippen LogP contribution >= 0.6 is 0 Å². The van der Waals surface area contributed by atoms with E-state index in [2.05, 4.69) is 120 Å². The first-order valence-electron chi connectivity index (χ1n) is 11.8. The van der Waals surface area contributed by atoms with Gasteiger partial charge in [0.25, 0.3) is 0 Å². The maximum Gasteiger partial charge on any atom is 0.198 e. The minimum Gasteiger partial charge on any atom is -0.355 e. The highest BCUT2D eigenvalue weighted by Gasteiger charge is 2.25. The fraction of sp³-hybridized carbons (Fsp3) is 0.0323. The number of para-hydroxylation sites is 4. The van der Waals surface area contributed by atoms with Crippen LogP contribution < -0.4 is 16.2 Å². The van der Waals surface area contributed by atoms with Crippen LogP contribution in [0.1, 0.15) is 5.56 Å². The smallest absolute Gasteiger partial charge is 0.198 e. The standard InChI is InChI=1S/C31H23BN2/c1-20-18-25(22-12-5-7-16-27(22)33-21-10-3-2-4-11-21)30-29(19-20)34-28-17-8-6-13-23(28)24-14-9-15-26(32-30)31(24)34/h2-19,32-33H,1H3. The van der Waals surface area contributed by atoms with Crippen LogP contribution in [0.4, 0.5) is 11.4 Å². The molecule has 2 nitrogen and oxygen atoms in total. The summed E-state index contributed by atoms with van der Waals surface area (Å²) in [6.07, 6.45) is 0. The van der Waals surface area contributed by atoms with Gasteiger partial charge in [-0.2, -0.15) is 0 Å². The molecule has 0 amide bonds. The van der Waals surface area contributed by atoms with Crippen molar-refractivity contribution in [3.63, 3.8) is 0 Å². The number of fused-ring (bicyclic) bond motifs is 5. The van der Waals surface area contributed by atoms with Gasteiger partial charge in [0.15, 0.2) is 7.28 Å². The van der Waals surface area contributed by atoms with Gasteiger partial charge in [0, 0.05) is 38.9 Å². The van der Waals surface area contributed by atoms with Gasteiger partial charge in [0.2, 0.25) is 0 Å². The highest BCUT2D eigenvalue weighted by Crippen LogP contribution is 2.36. The Kier molecular flexibility index (Phi) is 4.19. The Balaban J connectivity index is 1.51. The molecule has 7 rings (SSSR count). The number of nitrogens with one attached hydrogen (secondary N) is 1. The summed E-state index contributed by atoms with van der Waals surface area (Å²) in [7, 11) is 0.929. The van der Waals surface area contributed by atoms with E-state index in [1.165, 1.54) is 55.1 Å². The fourth-order valence-electron chi connectivity index (χ4n) is 5.60. The zero-order chi connectivity index (χ0) is 22.6. The Morgan fingerprint density at radius 2 is 1.44 bits per heavy atom. The van der Waals surface area contributed by atoms with E-state index < -0.39 is 0 Å². The van der Waals surface area contributed by atoms with Crippen LogP contribution in [0.2, 0.25) is 0 Å². The summed E-state index contributed by atoms with van der Waals surface area (Å²) in [6.45, 7) is 2.21. The number of aromatic nitrogens is 1. The van der Waals surface area contributed by atoms with E-state index in [0.29, 0.717) is 0 Å². The van der Waals surface area contributed by atoms with Crippen LogP contribution in [0.25, 0.3) is 38.6 Å². The highest BCUT2D eigenvalue weighted by molar-refractivity contribution is 6.73. The summed E-state index contributed by atoms with van der Waals surface area (Å²) in [5.74, 6) is 0. The number of rotatable bonds is 3. The summed E-state index contributed by atoms with van der Waals surface area (Å²) in [6, 6.07) is 39.3. The van der Waals surface area contributed by atoms with Gasteiger partial charge in [-0.15, -0.1) is 0 Å². The highest BCUT2D eigenvalue weighted by atomic mass is 15.0. The predicted octanol–water partition coefficient (Wildman–Crippen LogP) is 6.20. The average molecular weight is 434 g/mol. The average Bonchev–Trinajstić information content (AvgIpc) is 3.22. The lowest BCUT2D eigenvalue weighted by Crippen LogP contribution is -2.37. The predicted molar refractivity (Wildman–Crippen MR) is 147 cm³/mol. The Hall–Kier alpha value is -4.24. The molecular formula is C31H23BN2. The summed E-state index contributed by atoms with van der Waals surface area (Å²) in [5.41, 5.74) is 12.7. The van der Waals surface area contributed by atoms with Gasteiger partial charge in [-0.3, -0.25) is 0 Å². The molecule has 3 heteroatoms. The number of hydrogen-bond donors (Lipinski definition) is 1. The van der Waals surface area contributed by atoms with Crippen LogP contribution in [0, 0.1) is 6.92 Å². The molecule has 0 radical (unpaired) electrons. The lowest BCUT2D eigenvalue weighted by atomic mass is 9.59. The van der Waals surface area contributed by atoms with E-state index in [-0.39, 0.29) is 0 Å². The van der Waals surface area contributed by atoms with Crippen LogP contribution in [0.5, 0.6) is 0 Å². The third kappa shape index (κ3) is 2.83. The summed E-state index contributed by atoms with van der Waals surface area (Å²) in [4.78, 5) is 0. The maximum atomic E-state index is 3.65. The van der Waals surface area contributed by atoms with Crippen molar-refractivity contribution in [1.29, 1.82) is 0 Å². The zero-order valence-corrected chi connectivity index (χ0v) is 19.0. The third-order valence-electron chi connectivity index (χ3n) is 7.03. The number of aryl methyl sites for hydroxylation is 1. The summed E-state index contributed by atoms with van der Waals surface area (Å²) in [5, 5.41) is 6.32. The van der Waals surface area contributed by atoms with Crippen LogP contribution in [-0.2, 0) is 0 Å². The van der Waals surface area contributed by atoms with Crippen molar-refractivity contribution in [2.24, 2.45) is 0 Å². The SMILES string of the molecule is Cc1cc(-c2ccccc2Nc2ccccc2)c2c(c1)-n1c3ccccc3c3cccc(c31)B2. The molecule has 2 heterocycles. The number of anilines is 2. The van der Waals surface area contributed by atoms with E-state index in [0.717, 1.165) is 18.7 Å². The van der Waals surface area contributed by atoms with Crippen LogP contribution in [0.3, 0.4) is 0 Å². The fourth-order valence-corrected chi connectivity index (χ4v) is 5.60. The zero-order valence-electron chi connectivity index (χ0n) is 19.0. The molecule has 160 valence electrons. The molecule has 6 aromatic rings. The summed E-state index contributed by atoms with van der Waals surface area (Å²) >= 11 is 0. The summed E-state index contributed by atoms with van der Waals surface area (Å²) < 4.78 is 2.49. The first-order valence-corrected chi connectivity index (χ1v) is 11.8. The second-order valence-corrected chi connectivity index (χ2v) is 9.19. The molecule has 0 fully saturated rings.